The maximum absolute atomic E-state index is 13.5. The van der Waals surface area contributed by atoms with Crippen LogP contribution in [-0.4, -0.2) is 33.9 Å². The van der Waals surface area contributed by atoms with Gasteiger partial charge in [0.15, 0.2) is 0 Å². The van der Waals surface area contributed by atoms with E-state index in [1.165, 1.54) is 11.3 Å². The normalized spacial score (nSPS) is 17.7. The van der Waals surface area contributed by atoms with Gasteiger partial charge in [-0.3, -0.25) is 9.59 Å². The monoisotopic (exact) mass is 545 g/mol. The van der Waals surface area contributed by atoms with Crippen molar-refractivity contribution in [1.29, 1.82) is 0 Å². The van der Waals surface area contributed by atoms with E-state index in [1.54, 1.807) is 40.1 Å². The number of benzene rings is 1. The number of hydrogen-bond acceptors (Lipinski definition) is 6. The van der Waals surface area contributed by atoms with Gasteiger partial charge in [-0.05, 0) is 69.2 Å². The van der Waals surface area contributed by atoms with E-state index < -0.39 is 5.97 Å². The number of carboxylic acids is 1. The van der Waals surface area contributed by atoms with Gasteiger partial charge in [-0.25, -0.2) is 9.78 Å². The van der Waals surface area contributed by atoms with Crippen LogP contribution >= 0.6 is 34.3 Å². The molecule has 1 aromatic carbocycles. The summed E-state index contributed by atoms with van der Waals surface area (Å²) in [7, 11) is 0. The van der Waals surface area contributed by atoms with Gasteiger partial charge in [0.2, 0.25) is 5.91 Å². The third-order valence-electron chi connectivity index (χ3n) is 6.45. The van der Waals surface area contributed by atoms with E-state index in [4.69, 9.17) is 11.6 Å². The van der Waals surface area contributed by atoms with E-state index in [2.05, 4.69) is 17.2 Å². The standard InChI is InChI=1S/C26H28ClN3O4S2/c1-14(2)30(25(32)16-6-4-15(3)5-7-16)21-11-22(36-23(21)26(33)34)17-8-9-19(18(27)10-17)29-24(31)20-12-35-13-28-20/h8-16H,4-7H2,1-3H3,(H,29,31)(H,33,34). The molecule has 190 valence electrons. The molecule has 10 heteroatoms. The van der Waals surface area contributed by atoms with E-state index >= 15 is 0 Å². The van der Waals surface area contributed by atoms with Crippen molar-refractivity contribution >= 4 is 63.4 Å². The molecule has 2 heterocycles. The lowest BCUT2D eigenvalue weighted by Crippen LogP contribution is -2.42. The van der Waals surface area contributed by atoms with Gasteiger partial charge in [-0.2, -0.15) is 0 Å². The Morgan fingerprint density at radius 1 is 1.17 bits per heavy atom. The molecule has 2 N–H and O–H groups in total. The van der Waals surface area contributed by atoms with Crippen LogP contribution in [0.15, 0.2) is 35.2 Å². The van der Waals surface area contributed by atoms with Gasteiger partial charge in [0.25, 0.3) is 5.91 Å². The molecule has 0 bridgehead atoms. The number of nitrogens with zero attached hydrogens (tertiary/aromatic N) is 2. The lowest BCUT2D eigenvalue weighted by molar-refractivity contribution is -0.123. The fraction of sp³-hybridized carbons (Fsp3) is 0.385. The lowest BCUT2D eigenvalue weighted by atomic mass is 9.82. The summed E-state index contributed by atoms with van der Waals surface area (Å²) in [6.45, 7) is 6.02. The zero-order chi connectivity index (χ0) is 26.0. The largest absolute Gasteiger partial charge is 0.477 e. The lowest BCUT2D eigenvalue weighted by Gasteiger charge is -2.33. The van der Waals surface area contributed by atoms with Gasteiger partial charge in [-0.15, -0.1) is 22.7 Å². The minimum Gasteiger partial charge on any atom is -0.477 e. The minimum atomic E-state index is -1.07. The number of aromatic nitrogens is 1. The molecule has 1 saturated carbocycles. The van der Waals surface area contributed by atoms with E-state index in [1.807, 2.05) is 13.8 Å². The van der Waals surface area contributed by atoms with Crippen LogP contribution in [0.2, 0.25) is 5.02 Å². The quantitative estimate of drug-likeness (QED) is 0.331. The molecular formula is C26H28ClN3O4S2. The number of carbonyl (C=O) groups excluding carboxylic acids is 2. The highest BCUT2D eigenvalue weighted by atomic mass is 35.5. The molecule has 0 saturated heterocycles. The Morgan fingerprint density at radius 2 is 1.89 bits per heavy atom. The predicted molar refractivity (Wildman–Crippen MR) is 146 cm³/mol. The number of amides is 2. The number of rotatable bonds is 7. The zero-order valence-corrected chi connectivity index (χ0v) is 22.7. The average Bonchev–Trinajstić information content (AvgIpc) is 3.51. The Morgan fingerprint density at radius 3 is 2.47 bits per heavy atom. The van der Waals surface area contributed by atoms with Gasteiger partial charge in [0, 0.05) is 22.2 Å². The summed E-state index contributed by atoms with van der Waals surface area (Å²) in [6, 6.07) is 6.70. The van der Waals surface area contributed by atoms with Crippen molar-refractivity contribution < 1.29 is 19.5 Å². The molecule has 0 aliphatic heterocycles. The van der Waals surface area contributed by atoms with E-state index in [9.17, 15) is 19.5 Å². The maximum atomic E-state index is 13.5. The number of nitrogens with one attached hydrogen (secondary N) is 1. The third-order valence-corrected chi connectivity index (χ3v) is 8.51. The molecule has 0 unspecified atom stereocenters. The number of carboxylic acid groups (broad SMARTS) is 1. The van der Waals surface area contributed by atoms with Crippen LogP contribution in [0.25, 0.3) is 10.4 Å². The summed E-state index contributed by atoms with van der Waals surface area (Å²) >= 11 is 8.90. The first kappa shape index (κ1) is 26.3. The van der Waals surface area contributed by atoms with Gasteiger partial charge in [-0.1, -0.05) is 24.6 Å². The molecule has 0 spiro atoms. The van der Waals surface area contributed by atoms with E-state index in [0.717, 1.165) is 37.0 Å². The number of carbonyl (C=O) groups is 3. The van der Waals surface area contributed by atoms with Crippen LogP contribution in [0.1, 0.15) is 66.6 Å². The molecule has 4 rings (SSSR count). The third kappa shape index (κ3) is 5.63. The van der Waals surface area contributed by atoms with Crippen molar-refractivity contribution in [2.75, 3.05) is 10.2 Å². The average molecular weight is 546 g/mol. The van der Waals surface area contributed by atoms with Crippen LogP contribution in [0.5, 0.6) is 0 Å². The first-order valence-electron chi connectivity index (χ1n) is 11.8. The summed E-state index contributed by atoms with van der Waals surface area (Å²) in [5, 5.41) is 14.7. The van der Waals surface area contributed by atoms with Crippen molar-refractivity contribution in [1.82, 2.24) is 4.98 Å². The van der Waals surface area contributed by atoms with Gasteiger partial charge < -0.3 is 15.3 Å². The summed E-state index contributed by atoms with van der Waals surface area (Å²) in [4.78, 5) is 44.5. The minimum absolute atomic E-state index is 0.0121. The highest BCUT2D eigenvalue weighted by molar-refractivity contribution is 7.18. The van der Waals surface area contributed by atoms with Gasteiger partial charge in [0.05, 0.1) is 21.9 Å². The maximum Gasteiger partial charge on any atom is 0.348 e. The number of thiazole rings is 1. The Balaban J connectivity index is 1.63. The van der Waals surface area contributed by atoms with Gasteiger partial charge >= 0.3 is 5.97 Å². The van der Waals surface area contributed by atoms with Crippen molar-refractivity contribution in [3.05, 3.63) is 50.7 Å². The second kappa shape index (κ2) is 11.1. The Kier molecular flexibility index (Phi) is 8.12. The fourth-order valence-electron chi connectivity index (χ4n) is 4.49. The summed E-state index contributed by atoms with van der Waals surface area (Å²) in [5.74, 6) is -0.927. The number of hydrogen-bond donors (Lipinski definition) is 2. The Labute approximate surface area is 223 Å². The first-order chi connectivity index (χ1) is 17.2. The van der Waals surface area contributed by atoms with Crippen molar-refractivity contribution in [2.45, 2.75) is 52.5 Å². The second-order valence-electron chi connectivity index (χ2n) is 9.41. The Hall–Kier alpha value is -2.75. The molecule has 1 fully saturated rings. The molecule has 1 aliphatic rings. The molecule has 2 amide bonds. The van der Waals surface area contributed by atoms with Crippen molar-refractivity contribution in [2.24, 2.45) is 11.8 Å². The summed E-state index contributed by atoms with van der Waals surface area (Å²) < 4.78 is 0. The number of thiophene rings is 1. The highest BCUT2D eigenvalue weighted by Crippen LogP contribution is 2.41. The van der Waals surface area contributed by atoms with E-state index in [-0.39, 0.29) is 28.7 Å². The van der Waals surface area contributed by atoms with Crippen LogP contribution in [0, 0.1) is 11.8 Å². The van der Waals surface area contributed by atoms with E-state index in [0.29, 0.717) is 38.4 Å². The molecule has 1 aliphatic carbocycles. The molecule has 0 atom stereocenters. The SMILES string of the molecule is CC1CCC(C(=O)N(c2cc(-c3ccc(NC(=O)c4cscn4)c(Cl)c3)sc2C(=O)O)C(C)C)CC1. The molecule has 7 nitrogen and oxygen atoms in total. The zero-order valence-electron chi connectivity index (χ0n) is 20.3. The molecule has 3 aromatic rings. The van der Waals surface area contributed by atoms with Crippen LogP contribution in [0.3, 0.4) is 0 Å². The molecule has 0 radical (unpaired) electrons. The predicted octanol–water partition coefficient (Wildman–Crippen LogP) is 7.04. The number of aromatic carboxylic acids is 1. The van der Waals surface area contributed by atoms with Crippen molar-refractivity contribution in [3.8, 4) is 10.4 Å². The molecule has 36 heavy (non-hydrogen) atoms. The summed E-state index contributed by atoms with van der Waals surface area (Å²) in [6.07, 6.45) is 3.67. The van der Waals surface area contributed by atoms with Gasteiger partial charge in [0.1, 0.15) is 10.6 Å². The Bertz CT molecular complexity index is 1260. The number of anilines is 2. The smallest absolute Gasteiger partial charge is 0.348 e. The summed E-state index contributed by atoms with van der Waals surface area (Å²) in [5.41, 5.74) is 3.43. The topological polar surface area (TPSA) is 99.6 Å². The molecule has 2 aromatic heterocycles. The molecular weight excluding hydrogens is 518 g/mol. The number of halogens is 1. The second-order valence-corrected chi connectivity index (χ2v) is 11.6. The first-order valence-corrected chi connectivity index (χ1v) is 14.0. The fourth-order valence-corrected chi connectivity index (χ4v) is 6.24. The van der Waals surface area contributed by atoms with Crippen LogP contribution in [-0.2, 0) is 4.79 Å². The van der Waals surface area contributed by atoms with Crippen LogP contribution in [0.4, 0.5) is 11.4 Å². The van der Waals surface area contributed by atoms with Crippen molar-refractivity contribution in [3.63, 3.8) is 0 Å². The highest BCUT2D eigenvalue weighted by Gasteiger charge is 2.33. The van der Waals surface area contributed by atoms with Crippen LogP contribution < -0.4 is 10.2 Å².